The summed E-state index contributed by atoms with van der Waals surface area (Å²) in [5.41, 5.74) is -0.567. The summed E-state index contributed by atoms with van der Waals surface area (Å²) in [5.74, 6) is -1.59. The van der Waals surface area contributed by atoms with Crippen molar-refractivity contribution in [2.45, 2.75) is 6.36 Å². The number of hydrogen-bond donors (Lipinski definition) is 0. The van der Waals surface area contributed by atoms with E-state index in [0.29, 0.717) is 6.07 Å². The molecule has 7 heteroatoms. The number of halogens is 4. The first-order chi connectivity index (χ1) is 6.92. The third kappa shape index (κ3) is 3.40. The van der Waals surface area contributed by atoms with Gasteiger partial charge in [0.1, 0.15) is 11.5 Å². The number of carbonyl (C=O) groups excluding carboxylic acids is 1. The summed E-state index contributed by atoms with van der Waals surface area (Å²) < 4.78 is 51.5. The van der Waals surface area contributed by atoms with Gasteiger partial charge in [-0.3, -0.25) is 0 Å². The summed E-state index contributed by atoms with van der Waals surface area (Å²) in [7, 11) is 0. The fourth-order valence-corrected chi connectivity index (χ4v) is 0.838. The molecule has 0 bridgehead atoms. The largest absolute Gasteiger partial charge is 0.573 e. The van der Waals surface area contributed by atoms with Gasteiger partial charge >= 0.3 is 6.36 Å². The molecule has 1 aromatic rings. The van der Waals surface area contributed by atoms with Gasteiger partial charge in [0.15, 0.2) is 5.75 Å². The van der Waals surface area contributed by atoms with Gasteiger partial charge in [-0.2, -0.15) is 4.99 Å². The highest BCUT2D eigenvalue weighted by molar-refractivity contribution is 5.57. The predicted octanol–water partition coefficient (Wildman–Crippen LogP) is 2.69. The van der Waals surface area contributed by atoms with Crippen molar-refractivity contribution in [3.05, 3.63) is 24.0 Å². The van der Waals surface area contributed by atoms with Crippen LogP contribution in [0.15, 0.2) is 23.2 Å². The molecule has 0 aromatic heterocycles. The normalized spacial score (nSPS) is 10.7. The lowest BCUT2D eigenvalue weighted by molar-refractivity contribution is -0.274. The van der Waals surface area contributed by atoms with E-state index in [0.717, 1.165) is 18.2 Å². The molecular formula is C8H3F4NO2. The Labute approximate surface area is 81.0 Å². The molecule has 0 radical (unpaired) electrons. The van der Waals surface area contributed by atoms with E-state index in [1.165, 1.54) is 0 Å². The number of benzene rings is 1. The molecule has 3 nitrogen and oxygen atoms in total. The molecule has 15 heavy (non-hydrogen) atoms. The van der Waals surface area contributed by atoms with Crippen LogP contribution in [0.3, 0.4) is 0 Å². The molecule has 0 saturated heterocycles. The molecule has 0 unspecified atom stereocenters. The second-order valence-corrected chi connectivity index (χ2v) is 2.36. The maximum atomic E-state index is 12.6. The van der Waals surface area contributed by atoms with Gasteiger partial charge in [-0.05, 0) is 12.1 Å². The molecule has 0 spiro atoms. The summed E-state index contributed by atoms with van der Waals surface area (Å²) in [6.45, 7) is 0. The summed E-state index contributed by atoms with van der Waals surface area (Å²) in [4.78, 5) is 12.7. The number of aliphatic imine (C=N–C) groups is 1. The van der Waals surface area contributed by atoms with Crippen LogP contribution in [0.25, 0.3) is 0 Å². The smallest absolute Gasteiger partial charge is 0.403 e. The van der Waals surface area contributed by atoms with Gasteiger partial charge in [0.25, 0.3) is 0 Å². The summed E-state index contributed by atoms with van der Waals surface area (Å²) in [5, 5.41) is 0. The molecule has 0 atom stereocenters. The average Bonchev–Trinajstić information content (AvgIpc) is 2.08. The van der Waals surface area contributed by atoms with Crippen LogP contribution in [0.1, 0.15) is 0 Å². The molecule has 0 heterocycles. The fraction of sp³-hybridized carbons (Fsp3) is 0.125. The lowest BCUT2D eigenvalue weighted by Crippen LogP contribution is -2.17. The van der Waals surface area contributed by atoms with Crippen LogP contribution < -0.4 is 4.74 Å². The van der Waals surface area contributed by atoms with E-state index in [9.17, 15) is 22.4 Å². The third-order valence-corrected chi connectivity index (χ3v) is 1.31. The van der Waals surface area contributed by atoms with Crippen molar-refractivity contribution in [2.75, 3.05) is 0 Å². The Morgan fingerprint density at radius 3 is 2.53 bits per heavy atom. The number of ether oxygens (including phenoxy) is 1. The lowest BCUT2D eigenvalue weighted by atomic mass is 10.3. The topological polar surface area (TPSA) is 38.7 Å². The number of isocyanates is 1. The van der Waals surface area contributed by atoms with Crippen LogP contribution in [-0.2, 0) is 4.79 Å². The SMILES string of the molecule is O=C=Nc1cc(F)ccc1OC(F)(F)F. The number of hydrogen-bond acceptors (Lipinski definition) is 3. The van der Waals surface area contributed by atoms with Crippen molar-refractivity contribution in [3.63, 3.8) is 0 Å². The van der Waals surface area contributed by atoms with Crippen LogP contribution in [0, 0.1) is 5.82 Å². The van der Waals surface area contributed by atoms with E-state index in [4.69, 9.17) is 0 Å². The van der Waals surface area contributed by atoms with Crippen molar-refractivity contribution in [1.82, 2.24) is 0 Å². The van der Waals surface area contributed by atoms with E-state index in [1.807, 2.05) is 0 Å². The maximum Gasteiger partial charge on any atom is 0.573 e. The van der Waals surface area contributed by atoms with E-state index < -0.39 is 23.6 Å². The van der Waals surface area contributed by atoms with Crippen LogP contribution in [0.5, 0.6) is 5.75 Å². The summed E-state index contributed by atoms with van der Waals surface area (Å²) in [6.07, 6.45) is -3.93. The maximum absolute atomic E-state index is 12.6. The Hall–Kier alpha value is -1.88. The van der Waals surface area contributed by atoms with Crippen LogP contribution in [0.2, 0.25) is 0 Å². The fourth-order valence-electron chi connectivity index (χ4n) is 0.838. The minimum absolute atomic E-state index is 0.567. The van der Waals surface area contributed by atoms with Crippen molar-refractivity contribution in [3.8, 4) is 5.75 Å². The van der Waals surface area contributed by atoms with E-state index in [2.05, 4.69) is 9.73 Å². The molecule has 0 saturated carbocycles. The van der Waals surface area contributed by atoms with Crippen molar-refractivity contribution >= 4 is 11.8 Å². The molecule has 1 rings (SSSR count). The van der Waals surface area contributed by atoms with Gasteiger partial charge < -0.3 is 4.74 Å². The second kappa shape index (κ2) is 4.10. The summed E-state index contributed by atoms with van der Waals surface area (Å²) in [6, 6.07) is 2.11. The first kappa shape index (κ1) is 11.2. The van der Waals surface area contributed by atoms with Gasteiger partial charge in [0.2, 0.25) is 6.08 Å². The molecule has 0 fully saturated rings. The van der Waals surface area contributed by atoms with E-state index in [1.54, 1.807) is 0 Å². The highest BCUT2D eigenvalue weighted by Crippen LogP contribution is 2.32. The Balaban J connectivity index is 3.11. The molecule has 0 amide bonds. The molecule has 0 aliphatic carbocycles. The standard InChI is InChI=1S/C8H3F4NO2/c9-5-1-2-7(15-8(10,11)12)6(3-5)13-4-14/h1-3H. The third-order valence-electron chi connectivity index (χ3n) is 1.31. The lowest BCUT2D eigenvalue weighted by Gasteiger charge is -2.09. The van der Waals surface area contributed by atoms with Crippen molar-refractivity contribution < 1.29 is 27.1 Å². The minimum atomic E-state index is -4.93. The zero-order chi connectivity index (χ0) is 11.5. The van der Waals surface area contributed by atoms with Gasteiger partial charge in [-0.25, -0.2) is 9.18 Å². The Morgan fingerprint density at radius 1 is 1.33 bits per heavy atom. The zero-order valence-corrected chi connectivity index (χ0v) is 7.01. The van der Waals surface area contributed by atoms with Gasteiger partial charge in [0.05, 0.1) is 0 Å². The molecule has 0 aliphatic rings. The highest BCUT2D eigenvalue weighted by atomic mass is 19.4. The van der Waals surface area contributed by atoms with E-state index in [-0.39, 0.29) is 0 Å². The number of rotatable bonds is 2. The van der Waals surface area contributed by atoms with Gasteiger partial charge in [-0.1, -0.05) is 0 Å². The summed E-state index contributed by atoms with van der Waals surface area (Å²) >= 11 is 0. The van der Waals surface area contributed by atoms with Crippen LogP contribution in [0.4, 0.5) is 23.2 Å². The minimum Gasteiger partial charge on any atom is -0.403 e. The molecule has 0 N–H and O–H groups in total. The zero-order valence-electron chi connectivity index (χ0n) is 7.01. The van der Waals surface area contributed by atoms with Crippen LogP contribution >= 0.6 is 0 Å². The van der Waals surface area contributed by atoms with E-state index >= 15 is 0 Å². The molecule has 80 valence electrons. The van der Waals surface area contributed by atoms with Crippen molar-refractivity contribution in [1.29, 1.82) is 0 Å². The van der Waals surface area contributed by atoms with Gasteiger partial charge in [0, 0.05) is 6.07 Å². The Morgan fingerprint density at radius 2 is 2.00 bits per heavy atom. The number of alkyl halides is 3. The van der Waals surface area contributed by atoms with Crippen molar-refractivity contribution in [2.24, 2.45) is 4.99 Å². The predicted molar refractivity (Wildman–Crippen MR) is 40.9 cm³/mol. The molecule has 0 aliphatic heterocycles. The monoisotopic (exact) mass is 221 g/mol. The van der Waals surface area contributed by atoms with Crippen LogP contribution in [-0.4, -0.2) is 12.4 Å². The van der Waals surface area contributed by atoms with Gasteiger partial charge in [-0.15, -0.1) is 13.2 Å². The number of nitrogens with zero attached hydrogens (tertiary/aromatic N) is 1. The first-order valence-corrected chi connectivity index (χ1v) is 3.55. The Kier molecular flexibility index (Phi) is 3.06. The molecular weight excluding hydrogens is 218 g/mol. The Bertz CT molecular complexity index is 410. The quantitative estimate of drug-likeness (QED) is 0.437. The molecule has 1 aromatic carbocycles. The second-order valence-electron chi connectivity index (χ2n) is 2.36. The highest BCUT2D eigenvalue weighted by Gasteiger charge is 2.32. The first-order valence-electron chi connectivity index (χ1n) is 3.55. The average molecular weight is 221 g/mol.